The fraction of sp³-hybridized carbons (Fsp3) is 0.935. The van der Waals surface area contributed by atoms with Gasteiger partial charge in [0.05, 0.1) is 13.2 Å². The van der Waals surface area contributed by atoms with Crippen LogP contribution in [0.4, 0.5) is 9.59 Å². The highest BCUT2D eigenvalue weighted by Gasteiger charge is 2.37. The van der Waals surface area contributed by atoms with Crippen molar-refractivity contribution in [2.24, 2.45) is 0 Å². The van der Waals surface area contributed by atoms with Gasteiger partial charge in [-0.2, -0.15) is 0 Å². The summed E-state index contributed by atoms with van der Waals surface area (Å²) in [6.45, 7) is 35.3. The van der Waals surface area contributed by atoms with Crippen LogP contribution in [0.1, 0.15) is 143 Å². The highest BCUT2D eigenvalue weighted by molar-refractivity contribution is 6.87. The third kappa shape index (κ3) is 63.1. The standard InChI is InChI=1S/C34H76N4O7Si3.C28H58N4O5/c1-32(31-38(25-18-23-36(2)3)26-19-24-37(4)5)43-34(40)35-22-17-15-13-14-16-21-33(39)42-29-28-41-27-20-30-47(9,10)45-48(11,12)44-46(6,7)8;1-7-8-22-35-23-24-36-27(33)16-12-10-9-11-13-17-29-28(34)37-26(2)25-32(20-14-18-30(3)4)21-15-19-31(5)6/h32H,13-31H2,1-12H3,(H,35,40);26H,7-25H2,1-6H3,(H,29,34). The van der Waals surface area contributed by atoms with Crippen molar-refractivity contribution in [3.63, 3.8) is 0 Å². The van der Waals surface area contributed by atoms with Gasteiger partial charge < -0.3 is 66.9 Å². The number of nitrogens with one attached hydrogen (secondary N) is 2. The maximum absolute atomic E-state index is 12.3. The molecule has 0 rings (SSSR count). The van der Waals surface area contributed by atoms with Crippen LogP contribution in [0.25, 0.3) is 0 Å². The number of alkyl carbamates (subject to hydrolysis) is 2. The fourth-order valence-electron chi connectivity index (χ4n) is 9.61. The third-order valence-electron chi connectivity index (χ3n) is 13.4. The molecule has 2 unspecified atom stereocenters. The predicted molar refractivity (Wildman–Crippen MR) is 357 cm³/mol. The van der Waals surface area contributed by atoms with E-state index in [1.165, 1.54) is 0 Å². The number of carbonyl (C=O) groups is 4. The molecule has 0 aliphatic rings. The van der Waals surface area contributed by atoms with Crippen LogP contribution >= 0.6 is 0 Å². The summed E-state index contributed by atoms with van der Waals surface area (Å²) in [6, 6.07) is 1.02. The smallest absolute Gasteiger partial charge is 0.407 e. The van der Waals surface area contributed by atoms with E-state index in [-0.39, 0.29) is 36.3 Å². The molecule has 0 aromatic carbocycles. The Morgan fingerprint density at radius 1 is 0.412 bits per heavy atom. The lowest BCUT2D eigenvalue weighted by Crippen LogP contribution is -2.51. The van der Waals surface area contributed by atoms with Crippen LogP contribution in [-0.2, 0) is 46.2 Å². The Kier molecular flexibility index (Phi) is 53.4. The lowest BCUT2D eigenvalue weighted by molar-refractivity contribution is -0.146. The molecule has 2 N–H and O–H groups in total. The van der Waals surface area contributed by atoms with Crippen molar-refractivity contribution in [3.05, 3.63) is 0 Å². The first-order valence-electron chi connectivity index (χ1n) is 32.8. The SMILES string of the molecule is CC(CN(CCCN(C)C)CCCN(C)C)OC(=O)NCCCCCCCC(=O)OCCOCCC[Si](C)(C)O[Si](C)(C)O[Si](C)(C)C.CCCCOCCOC(=O)CCCCCCCNC(=O)OC(C)CN(CCCN(C)C)CCCN(C)C. The Labute approximate surface area is 524 Å². The van der Waals surface area contributed by atoms with Crippen molar-refractivity contribution in [2.75, 3.05) is 175 Å². The van der Waals surface area contributed by atoms with Gasteiger partial charge in [0.2, 0.25) is 0 Å². The molecule has 0 saturated carbocycles. The topological polar surface area (TPSA) is 186 Å². The number of amides is 2. The van der Waals surface area contributed by atoms with E-state index < -0.39 is 25.2 Å². The molecular formula is C62H134N8O12Si3. The first-order valence-corrected chi connectivity index (χ1v) is 42.2. The van der Waals surface area contributed by atoms with Gasteiger partial charge in [0, 0.05) is 52.2 Å². The summed E-state index contributed by atoms with van der Waals surface area (Å²) in [7, 11) is 11.2. The first kappa shape index (κ1) is 84.8. The number of ether oxygens (including phenoxy) is 6. The lowest BCUT2D eigenvalue weighted by atomic mass is 10.1. The van der Waals surface area contributed by atoms with Gasteiger partial charge >= 0.3 is 32.7 Å². The van der Waals surface area contributed by atoms with Crippen molar-refractivity contribution in [3.8, 4) is 0 Å². The van der Waals surface area contributed by atoms with E-state index in [9.17, 15) is 19.2 Å². The molecule has 0 aromatic rings. The minimum atomic E-state index is -2.11. The minimum Gasteiger partial charge on any atom is -0.463 e. The van der Waals surface area contributed by atoms with Gasteiger partial charge in [-0.3, -0.25) is 19.4 Å². The minimum absolute atomic E-state index is 0.147. The van der Waals surface area contributed by atoms with Crippen molar-refractivity contribution in [1.29, 1.82) is 0 Å². The zero-order valence-electron chi connectivity index (χ0n) is 58.1. The fourth-order valence-corrected chi connectivity index (χ4v) is 22.8. The zero-order valence-corrected chi connectivity index (χ0v) is 61.1. The van der Waals surface area contributed by atoms with Crippen LogP contribution < -0.4 is 10.6 Å². The quantitative estimate of drug-likeness (QED) is 0.0253. The molecule has 0 radical (unpaired) electrons. The van der Waals surface area contributed by atoms with E-state index >= 15 is 0 Å². The molecule has 0 fully saturated rings. The van der Waals surface area contributed by atoms with Crippen LogP contribution in [0.2, 0.25) is 51.9 Å². The average Bonchev–Trinajstić information content (AvgIpc) is 3.37. The first-order chi connectivity index (χ1) is 40.0. The molecule has 0 saturated heterocycles. The van der Waals surface area contributed by atoms with E-state index in [2.05, 4.69) is 149 Å². The number of nitrogens with zero attached hydrogens (tertiary/aromatic N) is 6. The summed E-state index contributed by atoms with van der Waals surface area (Å²) >= 11 is 0. The third-order valence-corrected chi connectivity index (χ3v) is 23.5. The molecule has 2 amide bonds. The lowest BCUT2D eigenvalue weighted by Gasteiger charge is -2.37. The van der Waals surface area contributed by atoms with Crippen LogP contribution in [0.3, 0.4) is 0 Å². The molecule has 0 aliphatic carbocycles. The molecule has 0 heterocycles. The van der Waals surface area contributed by atoms with E-state index in [4.69, 9.17) is 36.7 Å². The number of esters is 2. The molecule has 506 valence electrons. The molecule has 20 nitrogen and oxygen atoms in total. The summed E-state index contributed by atoms with van der Waals surface area (Å²) in [5.74, 6) is -0.311. The maximum Gasteiger partial charge on any atom is 0.407 e. The second-order valence-electron chi connectivity index (χ2n) is 26.1. The molecule has 0 aromatic heterocycles. The molecule has 23 heteroatoms. The average molecular weight is 1270 g/mol. The molecular weight excluding hydrogens is 1130 g/mol. The normalized spacial score (nSPS) is 12.9. The maximum atomic E-state index is 12.3. The van der Waals surface area contributed by atoms with Gasteiger partial charge in [0.15, 0.2) is 16.6 Å². The predicted octanol–water partition coefficient (Wildman–Crippen LogP) is 10.4. The molecule has 85 heavy (non-hydrogen) atoms. The Hall–Kier alpha value is -2.27. The number of carbonyl (C=O) groups excluding carboxylic acids is 4. The van der Waals surface area contributed by atoms with E-state index in [1.54, 1.807) is 0 Å². The summed E-state index contributed by atoms with van der Waals surface area (Å²) < 4.78 is 45.7. The summed E-state index contributed by atoms with van der Waals surface area (Å²) in [5.41, 5.74) is 0. The van der Waals surface area contributed by atoms with Gasteiger partial charge in [0.25, 0.3) is 0 Å². The second-order valence-corrected chi connectivity index (χ2v) is 38.8. The van der Waals surface area contributed by atoms with E-state index in [0.717, 1.165) is 187 Å². The van der Waals surface area contributed by atoms with Crippen LogP contribution in [0, 0.1) is 0 Å². The van der Waals surface area contributed by atoms with E-state index in [0.29, 0.717) is 59.0 Å². The highest BCUT2D eigenvalue weighted by atomic mass is 28.5. The summed E-state index contributed by atoms with van der Waals surface area (Å²) in [5, 5.41) is 5.77. The summed E-state index contributed by atoms with van der Waals surface area (Å²) in [6.07, 6.45) is 16.8. The number of unbranched alkanes of at least 4 members (excludes halogenated alkanes) is 9. The van der Waals surface area contributed by atoms with Gasteiger partial charge in [-0.1, -0.05) is 51.9 Å². The second kappa shape index (κ2) is 53.6. The van der Waals surface area contributed by atoms with Crippen LogP contribution in [0.15, 0.2) is 0 Å². The Balaban J connectivity index is 0. The monoisotopic (exact) mass is 1270 g/mol. The Morgan fingerprint density at radius 3 is 1.12 bits per heavy atom. The number of rotatable bonds is 55. The number of hydrogen-bond donors (Lipinski definition) is 2. The van der Waals surface area contributed by atoms with Crippen molar-refractivity contribution in [1.82, 2.24) is 40.0 Å². The molecule has 2 atom stereocenters. The highest BCUT2D eigenvalue weighted by Crippen LogP contribution is 2.24. The van der Waals surface area contributed by atoms with Crippen molar-refractivity contribution >= 4 is 49.3 Å². The van der Waals surface area contributed by atoms with Crippen LogP contribution in [-0.4, -0.2) is 265 Å². The van der Waals surface area contributed by atoms with Gasteiger partial charge in [-0.05, 0) is 239 Å². The zero-order chi connectivity index (χ0) is 64.4. The molecule has 0 aliphatic heterocycles. The summed E-state index contributed by atoms with van der Waals surface area (Å²) in [4.78, 5) is 61.9. The van der Waals surface area contributed by atoms with Gasteiger partial charge in [0.1, 0.15) is 25.4 Å². The van der Waals surface area contributed by atoms with Crippen molar-refractivity contribution in [2.45, 2.75) is 207 Å². The van der Waals surface area contributed by atoms with Gasteiger partial charge in [-0.15, -0.1) is 0 Å². The van der Waals surface area contributed by atoms with E-state index in [1.807, 2.05) is 13.8 Å². The number of hydrogen-bond acceptors (Lipinski definition) is 18. The largest absolute Gasteiger partial charge is 0.463 e. The Bertz CT molecular complexity index is 1590. The van der Waals surface area contributed by atoms with Crippen molar-refractivity contribution < 1.29 is 55.8 Å². The van der Waals surface area contributed by atoms with Gasteiger partial charge in [-0.25, -0.2) is 9.59 Å². The Morgan fingerprint density at radius 2 is 0.765 bits per heavy atom. The molecule has 0 bridgehead atoms. The molecule has 0 spiro atoms. The van der Waals surface area contributed by atoms with Crippen LogP contribution in [0.5, 0.6) is 0 Å².